The summed E-state index contributed by atoms with van der Waals surface area (Å²) < 4.78 is 2.32. The maximum absolute atomic E-state index is 8.66. The molecule has 18 heavy (non-hydrogen) atoms. The van der Waals surface area contributed by atoms with Crippen molar-refractivity contribution in [2.45, 2.75) is 19.4 Å². The SMILES string of the molecule is N#CCCCn1c2ccccc2c2ccccc21. The molecule has 0 unspecified atom stereocenters. The van der Waals surface area contributed by atoms with Crippen LogP contribution in [0, 0.1) is 11.3 Å². The summed E-state index contributed by atoms with van der Waals surface area (Å²) in [5.74, 6) is 0. The number of rotatable bonds is 3. The number of para-hydroxylation sites is 2. The Morgan fingerprint density at radius 1 is 0.889 bits per heavy atom. The zero-order valence-corrected chi connectivity index (χ0v) is 10.1. The number of nitriles is 1. The van der Waals surface area contributed by atoms with Crippen LogP contribution in [0.1, 0.15) is 12.8 Å². The van der Waals surface area contributed by atoms with Crippen LogP contribution in [0.4, 0.5) is 0 Å². The number of hydrogen-bond donors (Lipinski definition) is 0. The van der Waals surface area contributed by atoms with Gasteiger partial charge in [0.1, 0.15) is 0 Å². The fourth-order valence-corrected chi connectivity index (χ4v) is 2.56. The standard InChI is InChI=1S/C16H14N2/c17-11-5-6-12-18-15-9-3-1-7-13(15)14-8-2-4-10-16(14)18/h1-4,7-10H,5-6,12H2. The van der Waals surface area contributed by atoms with Crippen LogP contribution >= 0.6 is 0 Å². The third-order valence-corrected chi connectivity index (χ3v) is 3.35. The van der Waals surface area contributed by atoms with Crippen LogP contribution in [-0.2, 0) is 6.54 Å². The third kappa shape index (κ3) is 1.65. The Balaban J connectivity index is 2.22. The molecule has 88 valence electrons. The van der Waals surface area contributed by atoms with E-state index in [2.05, 4.69) is 59.2 Å². The number of aromatic nitrogens is 1. The zero-order valence-electron chi connectivity index (χ0n) is 10.1. The van der Waals surface area contributed by atoms with E-state index < -0.39 is 0 Å². The first-order valence-electron chi connectivity index (χ1n) is 6.25. The molecule has 0 radical (unpaired) electrons. The summed E-state index contributed by atoms with van der Waals surface area (Å²) in [7, 11) is 0. The summed E-state index contributed by atoms with van der Waals surface area (Å²) in [6.07, 6.45) is 1.51. The highest BCUT2D eigenvalue weighted by Crippen LogP contribution is 2.28. The van der Waals surface area contributed by atoms with E-state index in [1.807, 2.05) is 0 Å². The lowest BCUT2D eigenvalue weighted by Gasteiger charge is -2.05. The van der Waals surface area contributed by atoms with Gasteiger partial charge in [0, 0.05) is 34.8 Å². The van der Waals surface area contributed by atoms with Crippen molar-refractivity contribution in [1.29, 1.82) is 5.26 Å². The lowest BCUT2D eigenvalue weighted by molar-refractivity contribution is 0.691. The van der Waals surface area contributed by atoms with Gasteiger partial charge in [-0.05, 0) is 18.6 Å². The van der Waals surface area contributed by atoms with E-state index in [-0.39, 0.29) is 0 Å². The molecule has 1 aromatic heterocycles. The van der Waals surface area contributed by atoms with Crippen molar-refractivity contribution in [2.24, 2.45) is 0 Å². The zero-order chi connectivity index (χ0) is 12.4. The molecule has 2 aromatic carbocycles. The molecule has 0 aliphatic rings. The maximum Gasteiger partial charge on any atom is 0.0622 e. The van der Waals surface area contributed by atoms with Gasteiger partial charge in [0.25, 0.3) is 0 Å². The monoisotopic (exact) mass is 234 g/mol. The van der Waals surface area contributed by atoms with Crippen molar-refractivity contribution in [3.05, 3.63) is 48.5 Å². The summed E-state index contributed by atoms with van der Waals surface area (Å²) in [6, 6.07) is 19.2. The molecule has 0 amide bonds. The van der Waals surface area contributed by atoms with Crippen LogP contribution < -0.4 is 0 Å². The molecule has 3 rings (SSSR count). The second-order valence-corrected chi connectivity index (χ2v) is 4.45. The van der Waals surface area contributed by atoms with E-state index in [1.54, 1.807) is 0 Å². The minimum atomic E-state index is 0.612. The summed E-state index contributed by atoms with van der Waals surface area (Å²) in [4.78, 5) is 0. The first kappa shape index (κ1) is 10.9. The molecule has 3 aromatic rings. The first-order chi connectivity index (χ1) is 8.92. The highest BCUT2D eigenvalue weighted by Gasteiger charge is 2.08. The third-order valence-electron chi connectivity index (χ3n) is 3.35. The van der Waals surface area contributed by atoms with E-state index >= 15 is 0 Å². The largest absolute Gasteiger partial charge is 0.340 e. The number of unbranched alkanes of at least 4 members (excludes halogenated alkanes) is 1. The van der Waals surface area contributed by atoms with E-state index in [9.17, 15) is 0 Å². The van der Waals surface area contributed by atoms with Crippen LogP contribution in [0.2, 0.25) is 0 Å². The average molecular weight is 234 g/mol. The van der Waals surface area contributed by atoms with E-state index in [0.717, 1.165) is 13.0 Å². The Hall–Kier alpha value is -2.27. The Kier molecular flexibility index (Phi) is 2.74. The Bertz CT molecular complexity index is 678. The van der Waals surface area contributed by atoms with Crippen molar-refractivity contribution >= 4 is 21.8 Å². The van der Waals surface area contributed by atoms with Crippen molar-refractivity contribution in [2.75, 3.05) is 0 Å². The predicted molar refractivity (Wildman–Crippen MR) is 74.3 cm³/mol. The summed E-state index contributed by atoms with van der Waals surface area (Å²) >= 11 is 0. The van der Waals surface area contributed by atoms with E-state index in [1.165, 1.54) is 21.8 Å². The summed E-state index contributed by atoms with van der Waals surface area (Å²) in [5, 5.41) is 11.3. The lowest BCUT2D eigenvalue weighted by Crippen LogP contribution is -1.96. The minimum absolute atomic E-state index is 0.612. The van der Waals surface area contributed by atoms with Gasteiger partial charge in [0.15, 0.2) is 0 Å². The van der Waals surface area contributed by atoms with Crippen molar-refractivity contribution in [3.8, 4) is 6.07 Å². The molecule has 0 saturated carbocycles. The van der Waals surface area contributed by atoms with Crippen LogP contribution in [-0.4, -0.2) is 4.57 Å². The van der Waals surface area contributed by atoms with Gasteiger partial charge in [-0.3, -0.25) is 0 Å². The number of aryl methyl sites for hydroxylation is 1. The number of nitrogens with zero attached hydrogens (tertiary/aromatic N) is 2. The normalized spacial score (nSPS) is 10.8. The molecule has 2 nitrogen and oxygen atoms in total. The van der Waals surface area contributed by atoms with Gasteiger partial charge in [0.05, 0.1) is 6.07 Å². The smallest absolute Gasteiger partial charge is 0.0622 e. The predicted octanol–water partition coefficient (Wildman–Crippen LogP) is 4.10. The van der Waals surface area contributed by atoms with Crippen molar-refractivity contribution in [3.63, 3.8) is 0 Å². The van der Waals surface area contributed by atoms with E-state index in [0.29, 0.717) is 6.42 Å². The molecule has 0 spiro atoms. The fraction of sp³-hybridized carbons (Fsp3) is 0.188. The van der Waals surface area contributed by atoms with Crippen LogP contribution in [0.25, 0.3) is 21.8 Å². The molecule has 0 bridgehead atoms. The Morgan fingerprint density at radius 3 is 2.00 bits per heavy atom. The summed E-state index contributed by atoms with van der Waals surface area (Å²) in [5.41, 5.74) is 2.52. The highest BCUT2D eigenvalue weighted by molar-refractivity contribution is 6.07. The molecule has 1 heterocycles. The topological polar surface area (TPSA) is 28.7 Å². The molecule has 0 aliphatic carbocycles. The molecular weight excluding hydrogens is 220 g/mol. The average Bonchev–Trinajstić information content (AvgIpc) is 2.74. The second kappa shape index (κ2) is 4.54. The molecule has 0 saturated heterocycles. The van der Waals surface area contributed by atoms with Gasteiger partial charge >= 0.3 is 0 Å². The second-order valence-electron chi connectivity index (χ2n) is 4.45. The van der Waals surface area contributed by atoms with Gasteiger partial charge in [-0.15, -0.1) is 0 Å². The number of fused-ring (bicyclic) bond motifs is 3. The quantitative estimate of drug-likeness (QED) is 0.627. The molecule has 2 heteroatoms. The van der Waals surface area contributed by atoms with Crippen LogP contribution in [0.5, 0.6) is 0 Å². The number of hydrogen-bond acceptors (Lipinski definition) is 1. The lowest BCUT2D eigenvalue weighted by atomic mass is 10.2. The molecular formula is C16H14N2. The summed E-state index contributed by atoms with van der Waals surface area (Å²) in [6.45, 7) is 0.904. The van der Waals surface area contributed by atoms with Crippen molar-refractivity contribution in [1.82, 2.24) is 4.57 Å². The van der Waals surface area contributed by atoms with Gasteiger partial charge in [-0.1, -0.05) is 36.4 Å². The fourth-order valence-electron chi connectivity index (χ4n) is 2.56. The van der Waals surface area contributed by atoms with Crippen LogP contribution in [0.15, 0.2) is 48.5 Å². The molecule has 0 aliphatic heterocycles. The Morgan fingerprint density at radius 2 is 1.44 bits per heavy atom. The van der Waals surface area contributed by atoms with E-state index in [4.69, 9.17) is 5.26 Å². The van der Waals surface area contributed by atoms with Gasteiger partial charge in [-0.2, -0.15) is 5.26 Å². The van der Waals surface area contributed by atoms with Gasteiger partial charge in [-0.25, -0.2) is 0 Å². The molecule has 0 atom stereocenters. The first-order valence-corrected chi connectivity index (χ1v) is 6.25. The van der Waals surface area contributed by atoms with Crippen LogP contribution in [0.3, 0.4) is 0 Å². The number of benzene rings is 2. The van der Waals surface area contributed by atoms with Gasteiger partial charge < -0.3 is 4.57 Å². The molecule has 0 N–H and O–H groups in total. The maximum atomic E-state index is 8.66. The van der Waals surface area contributed by atoms with Gasteiger partial charge in [0.2, 0.25) is 0 Å². The Labute approximate surface area is 106 Å². The van der Waals surface area contributed by atoms with Crippen molar-refractivity contribution < 1.29 is 0 Å². The highest BCUT2D eigenvalue weighted by atomic mass is 15.0. The molecule has 0 fully saturated rings. The minimum Gasteiger partial charge on any atom is -0.340 e.